The van der Waals surface area contributed by atoms with Crippen LogP contribution in [0.2, 0.25) is 0 Å². The predicted molar refractivity (Wildman–Crippen MR) is 73.7 cm³/mol. The predicted octanol–water partition coefficient (Wildman–Crippen LogP) is 2.61. The number of rotatable bonds is 4. The van der Waals surface area contributed by atoms with Crippen LogP contribution < -0.4 is 5.32 Å². The fourth-order valence-corrected chi connectivity index (χ4v) is 2.79. The zero-order valence-electron chi connectivity index (χ0n) is 12.2. The van der Waals surface area contributed by atoms with Gasteiger partial charge in [-0.1, -0.05) is 24.6 Å². The second-order valence-electron chi connectivity index (χ2n) is 4.92. The van der Waals surface area contributed by atoms with Gasteiger partial charge in [-0.05, 0) is 50.9 Å². The van der Waals surface area contributed by atoms with Gasteiger partial charge in [-0.3, -0.25) is 5.32 Å². The normalized spacial score (nSPS) is 14.1. The highest BCUT2D eigenvalue weighted by Gasteiger charge is 2.37. The van der Waals surface area contributed by atoms with Crippen LogP contribution in [0.15, 0.2) is 12.1 Å². The van der Waals surface area contributed by atoms with Crippen molar-refractivity contribution in [2.24, 2.45) is 0 Å². The Hall–Kier alpha value is -1.35. The Balaban J connectivity index is 3.43. The number of likely N-dealkylation sites (N-methyl/N-ethyl adjacent to an activating group) is 1. The number of carbonyl (C=O) groups is 1. The van der Waals surface area contributed by atoms with Gasteiger partial charge >= 0.3 is 5.97 Å². The van der Waals surface area contributed by atoms with Crippen molar-refractivity contribution in [2.75, 3.05) is 13.7 Å². The van der Waals surface area contributed by atoms with E-state index in [0.29, 0.717) is 6.54 Å². The van der Waals surface area contributed by atoms with Gasteiger partial charge in [0.05, 0.1) is 7.11 Å². The van der Waals surface area contributed by atoms with E-state index in [4.69, 9.17) is 4.74 Å². The Labute approximate surface area is 110 Å². The first kappa shape index (κ1) is 14.7. The number of esters is 1. The molecule has 3 nitrogen and oxygen atoms in total. The van der Waals surface area contributed by atoms with Crippen molar-refractivity contribution in [3.8, 4) is 0 Å². The number of aryl methyl sites for hydroxylation is 3. The largest absolute Gasteiger partial charge is 0.467 e. The van der Waals surface area contributed by atoms with Crippen molar-refractivity contribution in [2.45, 2.75) is 40.2 Å². The molecule has 1 rings (SSSR count). The van der Waals surface area contributed by atoms with Crippen LogP contribution in [0, 0.1) is 20.8 Å². The molecular weight excluding hydrogens is 226 g/mol. The highest BCUT2D eigenvalue weighted by atomic mass is 16.5. The summed E-state index contributed by atoms with van der Waals surface area (Å²) in [5, 5.41) is 3.25. The van der Waals surface area contributed by atoms with E-state index in [2.05, 4.69) is 24.4 Å². The van der Waals surface area contributed by atoms with Crippen LogP contribution >= 0.6 is 0 Å². The molecule has 0 spiro atoms. The van der Waals surface area contributed by atoms with Crippen molar-refractivity contribution in [1.29, 1.82) is 0 Å². The molecule has 0 heterocycles. The lowest BCUT2D eigenvalue weighted by Gasteiger charge is -2.31. The summed E-state index contributed by atoms with van der Waals surface area (Å²) in [7, 11) is 1.43. The Morgan fingerprint density at radius 3 is 2.17 bits per heavy atom. The molecule has 1 atom stereocenters. The highest BCUT2D eigenvalue weighted by molar-refractivity contribution is 5.83. The van der Waals surface area contributed by atoms with Gasteiger partial charge in [0.25, 0.3) is 0 Å². The minimum absolute atomic E-state index is 0.251. The Kier molecular flexibility index (Phi) is 4.52. The monoisotopic (exact) mass is 249 g/mol. The third kappa shape index (κ3) is 2.56. The van der Waals surface area contributed by atoms with E-state index in [1.54, 1.807) is 0 Å². The maximum atomic E-state index is 12.1. The molecule has 1 aromatic carbocycles. The maximum absolute atomic E-state index is 12.1. The summed E-state index contributed by atoms with van der Waals surface area (Å²) in [6.45, 7) is 10.7. The van der Waals surface area contributed by atoms with Gasteiger partial charge in [0.2, 0.25) is 0 Å². The lowest BCUT2D eigenvalue weighted by Crippen LogP contribution is -2.48. The van der Waals surface area contributed by atoms with Crippen molar-refractivity contribution in [3.63, 3.8) is 0 Å². The number of nitrogens with one attached hydrogen (secondary N) is 1. The molecular formula is C15H23NO2. The first-order chi connectivity index (χ1) is 8.36. The lowest BCUT2D eigenvalue weighted by molar-refractivity contribution is -0.148. The molecule has 18 heavy (non-hydrogen) atoms. The third-order valence-electron chi connectivity index (χ3n) is 3.30. The van der Waals surface area contributed by atoms with Crippen LogP contribution in [0.1, 0.15) is 36.1 Å². The average Bonchev–Trinajstić information content (AvgIpc) is 2.26. The van der Waals surface area contributed by atoms with Gasteiger partial charge in [0, 0.05) is 0 Å². The number of benzene rings is 1. The van der Waals surface area contributed by atoms with Crippen LogP contribution in [0.4, 0.5) is 0 Å². The molecule has 100 valence electrons. The third-order valence-corrected chi connectivity index (χ3v) is 3.30. The van der Waals surface area contributed by atoms with Crippen LogP contribution in [0.25, 0.3) is 0 Å². The van der Waals surface area contributed by atoms with Crippen LogP contribution in [0.5, 0.6) is 0 Å². The molecule has 0 radical (unpaired) electrons. The molecule has 0 amide bonds. The van der Waals surface area contributed by atoms with Crippen LogP contribution in [-0.2, 0) is 15.1 Å². The Morgan fingerprint density at radius 1 is 1.28 bits per heavy atom. The Bertz CT molecular complexity index is 431. The van der Waals surface area contributed by atoms with E-state index in [1.165, 1.54) is 12.7 Å². The summed E-state index contributed by atoms with van der Waals surface area (Å²) in [6, 6.07) is 4.20. The van der Waals surface area contributed by atoms with E-state index in [0.717, 1.165) is 16.7 Å². The number of hydrogen-bond donors (Lipinski definition) is 1. The average molecular weight is 249 g/mol. The fraction of sp³-hybridized carbons (Fsp3) is 0.533. The number of carbonyl (C=O) groups excluding carboxylic acids is 1. The zero-order chi connectivity index (χ0) is 13.9. The first-order valence-corrected chi connectivity index (χ1v) is 6.28. The molecule has 1 N–H and O–H groups in total. The van der Waals surface area contributed by atoms with Crippen molar-refractivity contribution in [1.82, 2.24) is 5.32 Å². The topological polar surface area (TPSA) is 38.3 Å². The summed E-state index contributed by atoms with van der Waals surface area (Å²) in [5.41, 5.74) is 3.66. The molecule has 1 aromatic rings. The molecule has 0 aliphatic carbocycles. The summed E-state index contributed by atoms with van der Waals surface area (Å²) in [4.78, 5) is 12.1. The second kappa shape index (κ2) is 5.53. The summed E-state index contributed by atoms with van der Waals surface area (Å²) in [5.74, 6) is -0.251. The minimum Gasteiger partial charge on any atom is -0.467 e. The fourth-order valence-electron chi connectivity index (χ4n) is 2.79. The summed E-state index contributed by atoms with van der Waals surface area (Å²) < 4.78 is 4.96. The van der Waals surface area contributed by atoms with Crippen molar-refractivity contribution in [3.05, 3.63) is 34.4 Å². The molecule has 0 saturated heterocycles. The zero-order valence-corrected chi connectivity index (χ0v) is 12.2. The van der Waals surface area contributed by atoms with Crippen molar-refractivity contribution >= 4 is 5.97 Å². The SMILES string of the molecule is CCNC(C)(C(=O)OC)c1c(C)cc(C)cc1C. The van der Waals surface area contributed by atoms with E-state index in [-0.39, 0.29) is 5.97 Å². The Morgan fingerprint density at radius 2 is 1.78 bits per heavy atom. The number of methoxy groups -OCH3 is 1. The van der Waals surface area contributed by atoms with Gasteiger partial charge in [-0.25, -0.2) is 4.79 Å². The maximum Gasteiger partial charge on any atom is 0.330 e. The van der Waals surface area contributed by atoms with Gasteiger partial charge in [0.15, 0.2) is 0 Å². The van der Waals surface area contributed by atoms with E-state index < -0.39 is 5.54 Å². The molecule has 1 unspecified atom stereocenters. The molecule has 0 fully saturated rings. The van der Waals surface area contributed by atoms with E-state index in [9.17, 15) is 4.79 Å². The molecule has 0 bridgehead atoms. The minimum atomic E-state index is -0.786. The quantitative estimate of drug-likeness (QED) is 0.834. The van der Waals surface area contributed by atoms with Crippen LogP contribution in [-0.4, -0.2) is 19.6 Å². The number of ether oxygens (including phenoxy) is 1. The highest BCUT2D eigenvalue weighted by Crippen LogP contribution is 2.29. The second-order valence-corrected chi connectivity index (χ2v) is 4.92. The van der Waals surface area contributed by atoms with Crippen molar-refractivity contribution < 1.29 is 9.53 Å². The van der Waals surface area contributed by atoms with Gasteiger partial charge < -0.3 is 4.74 Å². The van der Waals surface area contributed by atoms with Gasteiger partial charge in [0.1, 0.15) is 5.54 Å². The summed E-state index contributed by atoms with van der Waals surface area (Å²) in [6.07, 6.45) is 0. The van der Waals surface area contributed by atoms with E-state index in [1.807, 2.05) is 27.7 Å². The first-order valence-electron chi connectivity index (χ1n) is 6.28. The molecule has 0 aliphatic heterocycles. The molecule has 0 saturated carbocycles. The molecule has 0 aliphatic rings. The number of hydrogen-bond acceptors (Lipinski definition) is 3. The van der Waals surface area contributed by atoms with Crippen LogP contribution in [0.3, 0.4) is 0 Å². The van der Waals surface area contributed by atoms with Gasteiger partial charge in [-0.2, -0.15) is 0 Å². The van der Waals surface area contributed by atoms with Gasteiger partial charge in [-0.15, -0.1) is 0 Å². The summed E-state index contributed by atoms with van der Waals surface area (Å²) >= 11 is 0. The molecule has 0 aromatic heterocycles. The lowest BCUT2D eigenvalue weighted by atomic mass is 9.84. The van der Waals surface area contributed by atoms with E-state index >= 15 is 0 Å². The standard InChI is InChI=1S/C15H23NO2/c1-7-16-15(5,14(17)18-6)13-11(3)8-10(2)9-12(13)4/h8-9,16H,7H2,1-6H3. The molecule has 3 heteroatoms. The smallest absolute Gasteiger partial charge is 0.330 e.